The van der Waals surface area contributed by atoms with Crippen LogP contribution in [-0.2, 0) is 4.74 Å². The third-order valence-electron chi connectivity index (χ3n) is 4.22. The van der Waals surface area contributed by atoms with Crippen molar-refractivity contribution < 1.29 is 19.3 Å². The molecule has 1 fully saturated rings. The van der Waals surface area contributed by atoms with Gasteiger partial charge in [-0.1, -0.05) is 5.92 Å². The summed E-state index contributed by atoms with van der Waals surface area (Å²) in [6, 6.07) is 0. The van der Waals surface area contributed by atoms with Gasteiger partial charge in [-0.25, -0.2) is 4.39 Å². The highest BCUT2D eigenvalue weighted by Crippen LogP contribution is 2.39. The molecule has 5 atom stereocenters. The molecule has 0 spiro atoms. The smallest absolute Gasteiger partial charge is 0.264 e. The molecule has 1 unspecified atom stereocenters. The first-order valence-corrected chi connectivity index (χ1v) is 7.51. The van der Waals surface area contributed by atoms with E-state index in [1.807, 2.05) is 0 Å². The Labute approximate surface area is 141 Å². The zero-order valence-electron chi connectivity index (χ0n) is 13.5. The van der Waals surface area contributed by atoms with Crippen molar-refractivity contribution in [3.63, 3.8) is 0 Å². The first-order chi connectivity index (χ1) is 11.7. The second-order valence-corrected chi connectivity index (χ2v) is 5.98. The van der Waals surface area contributed by atoms with Crippen LogP contribution in [0.5, 0.6) is 0 Å². The number of halogens is 1. The van der Waals surface area contributed by atoms with Gasteiger partial charge in [0.05, 0.1) is 6.10 Å². The van der Waals surface area contributed by atoms with Crippen LogP contribution in [-0.4, -0.2) is 48.6 Å². The van der Waals surface area contributed by atoms with Crippen molar-refractivity contribution in [3.8, 4) is 11.8 Å². The highest BCUT2D eigenvalue weighted by Gasteiger charge is 2.56. The van der Waals surface area contributed by atoms with Crippen LogP contribution >= 0.6 is 0 Å². The van der Waals surface area contributed by atoms with E-state index in [9.17, 15) is 19.4 Å². The Balaban J connectivity index is 2.25. The molecule has 9 nitrogen and oxygen atoms in total. The van der Waals surface area contributed by atoms with E-state index in [0.29, 0.717) is 0 Å². The van der Waals surface area contributed by atoms with Gasteiger partial charge in [0, 0.05) is 6.20 Å². The zero-order chi connectivity index (χ0) is 18.5. The van der Waals surface area contributed by atoms with Crippen LogP contribution in [0.25, 0.3) is 11.0 Å². The van der Waals surface area contributed by atoms with Crippen LogP contribution in [0.2, 0.25) is 0 Å². The van der Waals surface area contributed by atoms with Gasteiger partial charge < -0.3 is 26.4 Å². The van der Waals surface area contributed by atoms with E-state index < -0.39 is 41.5 Å². The maximum absolute atomic E-state index is 14.3. The fourth-order valence-electron chi connectivity index (χ4n) is 3.09. The van der Waals surface area contributed by atoms with Crippen LogP contribution < -0.4 is 17.0 Å². The molecular formula is C15H18FN5O4. The molecule has 0 amide bonds. The Bertz CT molecular complexity index is 943. The number of H-pyrrole nitrogens is 1. The number of ether oxygens (including phenoxy) is 1. The van der Waals surface area contributed by atoms with Crippen LogP contribution in [0.3, 0.4) is 0 Å². The molecule has 3 heterocycles. The lowest BCUT2D eigenvalue weighted by Crippen LogP contribution is -2.54. The number of nitrogens with two attached hydrogens (primary N) is 2. The van der Waals surface area contributed by atoms with E-state index in [0.717, 1.165) is 10.8 Å². The molecule has 2 aromatic rings. The van der Waals surface area contributed by atoms with Crippen LogP contribution in [0.4, 0.5) is 10.3 Å². The van der Waals surface area contributed by atoms with E-state index in [1.165, 1.54) is 13.8 Å². The van der Waals surface area contributed by atoms with E-state index in [-0.39, 0.29) is 17.0 Å². The average molecular weight is 351 g/mol. The van der Waals surface area contributed by atoms with Gasteiger partial charge in [0.2, 0.25) is 5.95 Å². The molecule has 3 rings (SSSR count). The third kappa shape index (κ3) is 2.49. The fraction of sp³-hybridized carbons (Fsp3) is 0.467. The van der Waals surface area contributed by atoms with E-state index in [1.54, 1.807) is 0 Å². The lowest BCUT2D eigenvalue weighted by atomic mass is 9.90. The van der Waals surface area contributed by atoms with Gasteiger partial charge in [0.25, 0.3) is 5.56 Å². The molecule has 0 saturated carbocycles. The molecule has 134 valence electrons. The topological polar surface area (TPSA) is 152 Å². The van der Waals surface area contributed by atoms with Crippen molar-refractivity contribution >= 4 is 17.0 Å². The normalized spacial score (nSPS) is 30.2. The standard InChI is InChI=1S/C15H18FN5O4/c1-3-4-15(18)10(23)9(6(2)22)25-13(15)21-5-7(16)8-11(21)19-14(17)20-12(8)24/h5-6,9-10,13,22-23H,18H2,1-2H3,(H3,17,19,20,24)/t6-,9+,10-,13+,15?/m0/s1. The second-order valence-electron chi connectivity index (χ2n) is 5.98. The fourth-order valence-corrected chi connectivity index (χ4v) is 3.09. The Kier molecular flexibility index (Phi) is 4.04. The summed E-state index contributed by atoms with van der Waals surface area (Å²) in [5.41, 5.74) is 9.27. The van der Waals surface area contributed by atoms with Crippen LogP contribution in [0.15, 0.2) is 11.0 Å². The number of hydrogen-bond donors (Lipinski definition) is 5. The van der Waals surface area contributed by atoms with Gasteiger partial charge in [-0.15, -0.1) is 5.92 Å². The second kappa shape index (κ2) is 5.82. The van der Waals surface area contributed by atoms with E-state index >= 15 is 0 Å². The average Bonchev–Trinajstić information content (AvgIpc) is 2.96. The summed E-state index contributed by atoms with van der Waals surface area (Å²) in [6.07, 6.45) is -3.70. The van der Waals surface area contributed by atoms with Crippen molar-refractivity contribution in [1.82, 2.24) is 14.5 Å². The largest absolute Gasteiger partial charge is 0.391 e. The Hall–Kier alpha value is -2.45. The van der Waals surface area contributed by atoms with Gasteiger partial charge in [-0.2, -0.15) is 4.98 Å². The number of nitrogens with one attached hydrogen (secondary N) is 1. The molecule has 7 N–H and O–H groups in total. The molecule has 0 bridgehead atoms. The summed E-state index contributed by atoms with van der Waals surface area (Å²) in [6.45, 7) is 2.94. The predicted octanol–water partition coefficient (Wildman–Crippen LogP) is -1.19. The number of rotatable bonds is 2. The predicted molar refractivity (Wildman–Crippen MR) is 86.7 cm³/mol. The number of nitrogen functional groups attached to an aromatic ring is 1. The summed E-state index contributed by atoms with van der Waals surface area (Å²) in [5, 5.41) is 20.0. The Morgan fingerprint density at radius 3 is 2.88 bits per heavy atom. The van der Waals surface area contributed by atoms with Crippen LogP contribution in [0, 0.1) is 17.7 Å². The van der Waals surface area contributed by atoms with Gasteiger partial charge in [-0.05, 0) is 13.8 Å². The van der Waals surface area contributed by atoms with Crippen LogP contribution in [0.1, 0.15) is 20.1 Å². The molecule has 25 heavy (non-hydrogen) atoms. The number of nitrogens with zero attached hydrogens (tertiary/aromatic N) is 2. The van der Waals surface area contributed by atoms with Gasteiger partial charge >= 0.3 is 0 Å². The molecule has 1 aliphatic heterocycles. The molecule has 10 heteroatoms. The number of aromatic nitrogens is 3. The summed E-state index contributed by atoms with van der Waals surface area (Å²) >= 11 is 0. The summed E-state index contributed by atoms with van der Waals surface area (Å²) in [7, 11) is 0. The number of hydrogen-bond acceptors (Lipinski definition) is 7. The van der Waals surface area contributed by atoms with Crippen molar-refractivity contribution in [3.05, 3.63) is 22.4 Å². The van der Waals surface area contributed by atoms with Crippen molar-refractivity contribution in [1.29, 1.82) is 0 Å². The molecule has 1 saturated heterocycles. The number of anilines is 1. The maximum atomic E-state index is 14.3. The van der Waals surface area contributed by atoms with E-state index in [4.69, 9.17) is 16.2 Å². The molecule has 0 aromatic carbocycles. The number of aliphatic hydroxyl groups is 2. The Morgan fingerprint density at radius 1 is 1.60 bits per heavy atom. The lowest BCUT2D eigenvalue weighted by Gasteiger charge is -2.28. The number of fused-ring (bicyclic) bond motifs is 1. The summed E-state index contributed by atoms with van der Waals surface area (Å²) in [5.74, 6) is 4.19. The van der Waals surface area contributed by atoms with Crippen molar-refractivity contribution in [2.75, 3.05) is 5.73 Å². The zero-order valence-corrected chi connectivity index (χ0v) is 13.5. The van der Waals surface area contributed by atoms with Gasteiger partial charge in [-0.3, -0.25) is 14.3 Å². The highest BCUT2D eigenvalue weighted by atomic mass is 19.1. The quantitative estimate of drug-likeness (QED) is 0.426. The maximum Gasteiger partial charge on any atom is 0.264 e. The van der Waals surface area contributed by atoms with Gasteiger partial charge in [0.1, 0.15) is 17.6 Å². The monoisotopic (exact) mass is 351 g/mol. The summed E-state index contributed by atoms with van der Waals surface area (Å²) < 4.78 is 21.1. The number of aromatic amines is 1. The molecule has 2 aromatic heterocycles. The van der Waals surface area contributed by atoms with Crippen molar-refractivity contribution in [2.45, 2.75) is 43.9 Å². The minimum Gasteiger partial charge on any atom is -0.391 e. The SMILES string of the molecule is CC#CC1(N)[C@@H](O)[C@@H]([C@H](C)O)O[C@H]1n1cc(F)c2c(=O)[nH]c(N)nc21. The first-order valence-electron chi connectivity index (χ1n) is 7.51. The summed E-state index contributed by atoms with van der Waals surface area (Å²) in [4.78, 5) is 18.1. The minimum atomic E-state index is -1.66. The Morgan fingerprint density at radius 2 is 2.28 bits per heavy atom. The third-order valence-corrected chi connectivity index (χ3v) is 4.22. The van der Waals surface area contributed by atoms with Gasteiger partial charge in [0.15, 0.2) is 23.2 Å². The lowest BCUT2D eigenvalue weighted by molar-refractivity contribution is -0.0756. The van der Waals surface area contributed by atoms with E-state index in [2.05, 4.69) is 21.8 Å². The molecular weight excluding hydrogens is 333 g/mol. The molecule has 1 aliphatic rings. The number of aliphatic hydroxyl groups excluding tert-OH is 2. The first kappa shape index (κ1) is 17.4. The van der Waals surface area contributed by atoms with Crippen molar-refractivity contribution in [2.24, 2.45) is 5.73 Å². The minimum absolute atomic E-state index is 0.102. The molecule has 0 aliphatic carbocycles. The highest BCUT2D eigenvalue weighted by molar-refractivity contribution is 5.77. The molecule has 0 radical (unpaired) electrons.